The SMILES string of the molecule is CCNC(=NCC(O)COC(C)c1ccccc1)NC1CCCC(C(=O)NC(C)C)C1.I. The number of hydrogen-bond donors (Lipinski definition) is 4. The Hall–Kier alpha value is -1.39. The van der Waals surface area contributed by atoms with Crippen LogP contribution in [0.15, 0.2) is 35.3 Å². The standard InChI is InChI=1S/C24H40N4O3.HI/c1-5-25-24(28-21-13-9-12-20(14-21)23(30)27-17(2)3)26-15-22(29)16-31-18(4)19-10-7-6-8-11-19;/h6-8,10-11,17-18,20-22,29H,5,9,12-16H2,1-4H3,(H,27,30)(H2,25,26,28);1H. The number of hydrogen-bond acceptors (Lipinski definition) is 4. The third-order valence-corrected chi connectivity index (χ3v) is 5.43. The molecule has 0 bridgehead atoms. The number of guanidine groups is 1. The number of amides is 1. The molecule has 0 spiro atoms. The number of aliphatic hydroxyl groups excluding tert-OH is 1. The van der Waals surface area contributed by atoms with Gasteiger partial charge in [0.05, 0.1) is 25.4 Å². The van der Waals surface area contributed by atoms with E-state index in [1.165, 1.54) is 0 Å². The van der Waals surface area contributed by atoms with Gasteiger partial charge >= 0.3 is 0 Å². The van der Waals surface area contributed by atoms with Gasteiger partial charge in [0, 0.05) is 24.5 Å². The minimum absolute atomic E-state index is 0. The van der Waals surface area contributed by atoms with Gasteiger partial charge in [-0.3, -0.25) is 9.79 Å². The van der Waals surface area contributed by atoms with Gasteiger partial charge in [-0.15, -0.1) is 24.0 Å². The smallest absolute Gasteiger partial charge is 0.223 e. The molecule has 1 fully saturated rings. The van der Waals surface area contributed by atoms with Crippen LogP contribution in [0.25, 0.3) is 0 Å². The Bertz CT molecular complexity index is 687. The monoisotopic (exact) mass is 560 g/mol. The van der Waals surface area contributed by atoms with Gasteiger partial charge in [-0.2, -0.15) is 0 Å². The zero-order valence-electron chi connectivity index (χ0n) is 19.8. The molecule has 8 heteroatoms. The van der Waals surface area contributed by atoms with Crippen LogP contribution in [0.2, 0.25) is 0 Å². The van der Waals surface area contributed by atoms with E-state index in [4.69, 9.17) is 4.74 Å². The molecule has 7 nitrogen and oxygen atoms in total. The van der Waals surface area contributed by atoms with Crippen LogP contribution < -0.4 is 16.0 Å². The first-order valence-electron chi connectivity index (χ1n) is 11.6. The molecular weight excluding hydrogens is 519 g/mol. The second-order valence-electron chi connectivity index (χ2n) is 8.63. The molecule has 0 aliphatic heterocycles. The van der Waals surface area contributed by atoms with Gasteiger partial charge in [0.25, 0.3) is 0 Å². The summed E-state index contributed by atoms with van der Waals surface area (Å²) in [4.78, 5) is 16.9. The largest absolute Gasteiger partial charge is 0.389 e. The number of carbonyl (C=O) groups is 1. The molecule has 1 saturated carbocycles. The normalized spacial score (nSPS) is 20.8. The molecule has 1 aromatic carbocycles. The van der Waals surface area contributed by atoms with E-state index < -0.39 is 6.10 Å². The Kier molecular flexibility index (Phi) is 13.8. The Morgan fingerprint density at radius 3 is 2.59 bits per heavy atom. The second-order valence-corrected chi connectivity index (χ2v) is 8.63. The lowest BCUT2D eigenvalue weighted by Gasteiger charge is -2.30. The fraction of sp³-hybridized carbons (Fsp3) is 0.667. The van der Waals surface area contributed by atoms with Gasteiger partial charge in [-0.1, -0.05) is 36.8 Å². The lowest BCUT2D eigenvalue weighted by atomic mass is 9.85. The van der Waals surface area contributed by atoms with Gasteiger partial charge < -0.3 is 25.8 Å². The summed E-state index contributed by atoms with van der Waals surface area (Å²) in [6, 6.07) is 10.3. The highest BCUT2D eigenvalue weighted by molar-refractivity contribution is 14.0. The zero-order valence-corrected chi connectivity index (χ0v) is 22.2. The number of carbonyl (C=O) groups excluding carboxylic acids is 1. The van der Waals surface area contributed by atoms with Crippen LogP contribution in [0, 0.1) is 5.92 Å². The predicted molar refractivity (Wildman–Crippen MR) is 140 cm³/mol. The van der Waals surface area contributed by atoms with Crippen LogP contribution >= 0.6 is 24.0 Å². The summed E-state index contributed by atoms with van der Waals surface area (Å²) in [5.41, 5.74) is 1.08. The van der Waals surface area contributed by atoms with Crippen molar-refractivity contribution < 1.29 is 14.6 Å². The summed E-state index contributed by atoms with van der Waals surface area (Å²) >= 11 is 0. The van der Waals surface area contributed by atoms with Crippen molar-refractivity contribution in [3.8, 4) is 0 Å². The molecule has 1 aliphatic carbocycles. The van der Waals surface area contributed by atoms with Crippen LogP contribution in [0.3, 0.4) is 0 Å². The molecule has 182 valence electrons. The number of nitrogens with one attached hydrogen (secondary N) is 3. The van der Waals surface area contributed by atoms with Crippen LogP contribution in [0.4, 0.5) is 0 Å². The van der Waals surface area contributed by atoms with E-state index in [0.717, 1.165) is 37.8 Å². The minimum Gasteiger partial charge on any atom is -0.389 e. The molecule has 1 amide bonds. The minimum atomic E-state index is -0.683. The first-order chi connectivity index (χ1) is 14.9. The second kappa shape index (κ2) is 15.4. The molecule has 4 atom stereocenters. The number of aliphatic hydroxyl groups is 1. The molecule has 1 aliphatic rings. The topological polar surface area (TPSA) is 95.0 Å². The molecule has 0 heterocycles. The van der Waals surface area contributed by atoms with Gasteiger partial charge in [0.15, 0.2) is 5.96 Å². The van der Waals surface area contributed by atoms with Crippen molar-refractivity contribution >= 4 is 35.8 Å². The molecule has 0 saturated heterocycles. The van der Waals surface area contributed by atoms with Crippen molar-refractivity contribution in [3.05, 3.63) is 35.9 Å². The molecule has 4 unspecified atom stereocenters. The first-order valence-corrected chi connectivity index (χ1v) is 11.6. The Morgan fingerprint density at radius 1 is 1.22 bits per heavy atom. The molecule has 1 aromatic rings. The van der Waals surface area contributed by atoms with Crippen molar-refractivity contribution in [2.75, 3.05) is 19.7 Å². The van der Waals surface area contributed by atoms with Crippen LogP contribution in [-0.2, 0) is 9.53 Å². The van der Waals surface area contributed by atoms with E-state index in [9.17, 15) is 9.90 Å². The van der Waals surface area contributed by atoms with E-state index >= 15 is 0 Å². The van der Waals surface area contributed by atoms with Crippen LogP contribution in [0.5, 0.6) is 0 Å². The maximum Gasteiger partial charge on any atom is 0.223 e. The number of aliphatic imine (C=N–C) groups is 1. The number of nitrogens with zero attached hydrogens (tertiary/aromatic N) is 1. The number of rotatable bonds is 10. The fourth-order valence-electron chi connectivity index (χ4n) is 3.80. The predicted octanol–water partition coefficient (Wildman–Crippen LogP) is 3.38. The zero-order chi connectivity index (χ0) is 22.6. The summed E-state index contributed by atoms with van der Waals surface area (Å²) < 4.78 is 5.80. The van der Waals surface area contributed by atoms with E-state index in [1.807, 2.05) is 58.0 Å². The quantitative estimate of drug-likeness (QED) is 0.200. The fourth-order valence-corrected chi connectivity index (χ4v) is 3.80. The maximum atomic E-state index is 12.4. The van der Waals surface area contributed by atoms with Gasteiger partial charge in [0.1, 0.15) is 0 Å². The molecule has 4 N–H and O–H groups in total. The van der Waals surface area contributed by atoms with E-state index in [1.54, 1.807) is 0 Å². The summed E-state index contributed by atoms with van der Waals surface area (Å²) in [5.74, 6) is 0.853. The Balaban J connectivity index is 0.00000512. The van der Waals surface area contributed by atoms with Gasteiger partial charge in [0.2, 0.25) is 5.91 Å². The highest BCUT2D eigenvalue weighted by Crippen LogP contribution is 2.24. The van der Waals surface area contributed by atoms with Crippen molar-refractivity contribution in [2.45, 2.75) is 77.7 Å². The Labute approximate surface area is 210 Å². The number of ether oxygens (including phenoxy) is 1. The third kappa shape index (κ3) is 10.5. The highest BCUT2D eigenvalue weighted by atomic mass is 127. The van der Waals surface area contributed by atoms with Crippen molar-refractivity contribution in [1.29, 1.82) is 0 Å². The summed E-state index contributed by atoms with van der Waals surface area (Å²) in [6.07, 6.45) is 2.99. The summed E-state index contributed by atoms with van der Waals surface area (Å²) in [5, 5.41) is 20.0. The van der Waals surface area contributed by atoms with Crippen LogP contribution in [-0.4, -0.2) is 54.9 Å². The molecule has 0 aromatic heterocycles. The van der Waals surface area contributed by atoms with E-state index in [0.29, 0.717) is 5.96 Å². The van der Waals surface area contributed by atoms with Crippen molar-refractivity contribution in [1.82, 2.24) is 16.0 Å². The Morgan fingerprint density at radius 2 is 1.94 bits per heavy atom. The lowest BCUT2D eigenvalue weighted by Crippen LogP contribution is -2.47. The highest BCUT2D eigenvalue weighted by Gasteiger charge is 2.28. The number of benzene rings is 1. The molecule has 32 heavy (non-hydrogen) atoms. The van der Waals surface area contributed by atoms with Crippen LogP contribution in [0.1, 0.15) is 65.0 Å². The average Bonchev–Trinajstić information content (AvgIpc) is 2.76. The molecule has 2 rings (SSSR count). The van der Waals surface area contributed by atoms with Crippen molar-refractivity contribution in [3.63, 3.8) is 0 Å². The van der Waals surface area contributed by atoms with E-state index in [2.05, 4.69) is 20.9 Å². The summed E-state index contributed by atoms with van der Waals surface area (Å²) in [7, 11) is 0. The maximum absolute atomic E-state index is 12.4. The first kappa shape index (κ1) is 28.6. The number of halogens is 1. The third-order valence-electron chi connectivity index (χ3n) is 5.43. The molecule has 0 radical (unpaired) electrons. The average molecular weight is 561 g/mol. The lowest BCUT2D eigenvalue weighted by molar-refractivity contribution is -0.126. The van der Waals surface area contributed by atoms with E-state index in [-0.39, 0.29) is 67.1 Å². The van der Waals surface area contributed by atoms with Gasteiger partial charge in [-0.05, 0) is 52.5 Å². The van der Waals surface area contributed by atoms with Gasteiger partial charge in [-0.25, -0.2) is 0 Å². The molecular formula is C24H41IN4O3. The van der Waals surface area contributed by atoms with Crippen molar-refractivity contribution in [2.24, 2.45) is 10.9 Å². The summed E-state index contributed by atoms with van der Waals surface area (Å²) in [6.45, 7) is 9.17.